The fraction of sp³-hybridized carbons (Fsp3) is 0.385. The van der Waals surface area contributed by atoms with Gasteiger partial charge in [0.1, 0.15) is 6.54 Å². The van der Waals surface area contributed by atoms with Crippen LogP contribution in [0.4, 0.5) is 0 Å². The standard InChI is InChI=1S/C13H13ClN2O/c1-16(7-6-15)13(17)11-8-10(11)9-4-2-3-5-12(9)14/h2-5,10-11H,7-8H2,1H3. The van der Waals surface area contributed by atoms with Gasteiger partial charge in [-0.15, -0.1) is 0 Å². The zero-order valence-corrected chi connectivity index (χ0v) is 10.3. The van der Waals surface area contributed by atoms with Gasteiger partial charge >= 0.3 is 0 Å². The van der Waals surface area contributed by atoms with Crippen molar-refractivity contribution in [2.45, 2.75) is 12.3 Å². The average molecular weight is 249 g/mol. The topological polar surface area (TPSA) is 44.1 Å². The molecule has 0 saturated heterocycles. The number of benzene rings is 1. The number of nitriles is 1. The Morgan fingerprint density at radius 2 is 2.29 bits per heavy atom. The molecule has 2 unspecified atom stereocenters. The van der Waals surface area contributed by atoms with Crippen LogP contribution in [0, 0.1) is 17.2 Å². The van der Waals surface area contributed by atoms with Crippen molar-refractivity contribution in [1.82, 2.24) is 4.90 Å². The lowest BCUT2D eigenvalue weighted by Crippen LogP contribution is -2.28. The molecule has 0 heterocycles. The lowest BCUT2D eigenvalue weighted by atomic mass is 10.1. The predicted molar refractivity (Wildman–Crippen MR) is 65.6 cm³/mol. The van der Waals surface area contributed by atoms with E-state index in [9.17, 15) is 4.79 Å². The van der Waals surface area contributed by atoms with Crippen LogP contribution >= 0.6 is 11.6 Å². The lowest BCUT2D eigenvalue weighted by molar-refractivity contribution is -0.130. The Labute approximate surface area is 106 Å². The molecule has 1 amide bonds. The zero-order valence-electron chi connectivity index (χ0n) is 9.56. The van der Waals surface area contributed by atoms with Gasteiger partial charge in [0.15, 0.2) is 0 Å². The van der Waals surface area contributed by atoms with Gasteiger partial charge in [-0.3, -0.25) is 4.79 Å². The van der Waals surface area contributed by atoms with Crippen molar-refractivity contribution in [2.24, 2.45) is 5.92 Å². The minimum atomic E-state index is -0.00625. The number of amides is 1. The number of rotatable bonds is 3. The number of nitrogens with zero attached hydrogens (tertiary/aromatic N) is 2. The minimum absolute atomic E-state index is 0.00625. The normalized spacial score (nSPS) is 21.7. The van der Waals surface area contributed by atoms with Crippen LogP contribution in [0.2, 0.25) is 5.02 Å². The SMILES string of the molecule is CN(CC#N)C(=O)C1CC1c1ccccc1Cl. The summed E-state index contributed by atoms with van der Waals surface area (Å²) in [5, 5.41) is 9.27. The summed E-state index contributed by atoms with van der Waals surface area (Å²) in [6.45, 7) is 0.143. The van der Waals surface area contributed by atoms with Crippen molar-refractivity contribution >= 4 is 17.5 Å². The fourth-order valence-electron chi connectivity index (χ4n) is 2.05. The van der Waals surface area contributed by atoms with Crippen molar-refractivity contribution in [3.05, 3.63) is 34.9 Å². The molecule has 1 saturated carbocycles. The Morgan fingerprint density at radius 3 is 2.94 bits per heavy atom. The first-order valence-electron chi connectivity index (χ1n) is 5.51. The van der Waals surface area contributed by atoms with Gasteiger partial charge in [-0.2, -0.15) is 5.26 Å². The first-order valence-corrected chi connectivity index (χ1v) is 5.89. The largest absolute Gasteiger partial charge is 0.332 e. The zero-order chi connectivity index (χ0) is 12.4. The number of hydrogen-bond donors (Lipinski definition) is 0. The van der Waals surface area contributed by atoms with E-state index in [-0.39, 0.29) is 24.3 Å². The second kappa shape index (κ2) is 4.77. The van der Waals surface area contributed by atoms with E-state index in [1.165, 1.54) is 4.90 Å². The van der Waals surface area contributed by atoms with E-state index in [0.717, 1.165) is 17.0 Å². The Bertz CT molecular complexity index is 481. The summed E-state index contributed by atoms with van der Waals surface area (Å²) in [5.41, 5.74) is 1.04. The first-order chi connectivity index (χ1) is 8.15. The van der Waals surface area contributed by atoms with Crippen molar-refractivity contribution in [3.8, 4) is 6.07 Å². The molecule has 1 aliphatic carbocycles. The average Bonchev–Trinajstić information content (AvgIpc) is 3.09. The van der Waals surface area contributed by atoms with Crippen molar-refractivity contribution in [2.75, 3.05) is 13.6 Å². The first kappa shape index (κ1) is 11.9. The summed E-state index contributed by atoms with van der Waals surface area (Å²) < 4.78 is 0. The molecule has 0 N–H and O–H groups in total. The number of halogens is 1. The quantitative estimate of drug-likeness (QED) is 0.771. The summed E-state index contributed by atoms with van der Waals surface area (Å²) in [6, 6.07) is 9.59. The van der Waals surface area contributed by atoms with Gasteiger partial charge in [-0.25, -0.2) is 0 Å². The molecule has 0 aliphatic heterocycles. The van der Waals surface area contributed by atoms with E-state index in [1.807, 2.05) is 30.3 Å². The molecule has 4 heteroatoms. The van der Waals surface area contributed by atoms with E-state index in [2.05, 4.69) is 0 Å². The van der Waals surface area contributed by atoms with Gasteiger partial charge in [0, 0.05) is 18.0 Å². The minimum Gasteiger partial charge on any atom is -0.332 e. The van der Waals surface area contributed by atoms with Gasteiger partial charge in [0.2, 0.25) is 5.91 Å². The molecule has 2 rings (SSSR count). The molecule has 1 aromatic rings. The monoisotopic (exact) mass is 248 g/mol. The highest BCUT2D eigenvalue weighted by molar-refractivity contribution is 6.31. The van der Waals surface area contributed by atoms with Gasteiger partial charge in [0.05, 0.1) is 6.07 Å². The van der Waals surface area contributed by atoms with Gasteiger partial charge < -0.3 is 4.90 Å². The van der Waals surface area contributed by atoms with Crippen molar-refractivity contribution in [1.29, 1.82) is 5.26 Å². The van der Waals surface area contributed by atoms with E-state index in [1.54, 1.807) is 7.05 Å². The summed E-state index contributed by atoms with van der Waals surface area (Å²) in [6.07, 6.45) is 0.832. The van der Waals surface area contributed by atoms with Crippen LogP contribution in [-0.2, 0) is 4.79 Å². The van der Waals surface area contributed by atoms with Crippen LogP contribution in [0.25, 0.3) is 0 Å². The van der Waals surface area contributed by atoms with Crippen LogP contribution in [0.3, 0.4) is 0 Å². The predicted octanol–water partition coefficient (Wildman–Crippen LogP) is 2.43. The summed E-state index contributed by atoms with van der Waals surface area (Å²) >= 11 is 6.09. The molecule has 1 aliphatic rings. The molecular formula is C13H13ClN2O. The molecule has 3 nitrogen and oxygen atoms in total. The van der Waals surface area contributed by atoms with Crippen LogP contribution in [-0.4, -0.2) is 24.4 Å². The second-order valence-electron chi connectivity index (χ2n) is 4.32. The third-order valence-electron chi connectivity index (χ3n) is 3.10. The van der Waals surface area contributed by atoms with Gasteiger partial charge in [-0.05, 0) is 24.0 Å². The molecule has 0 spiro atoms. The third-order valence-corrected chi connectivity index (χ3v) is 3.44. The summed E-state index contributed by atoms with van der Waals surface area (Å²) in [5.74, 6) is 0.252. The molecular weight excluding hydrogens is 236 g/mol. The van der Waals surface area contributed by atoms with Crippen LogP contribution in [0.5, 0.6) is 0 Å². The molecule has 1 fully saturated rings. The number of hydrogen-bond acceptors (Lipinski definition) is 2. The molecule has 17 heavy (non-hydrogen) atoms. The number of carbonyl (C=O) groups excluding carboxylic acids is 1. The molecule has 0 bridgehead atoms. The smallest absolute Gasteiger partial charge is 0.226 e. The maximum Gasteiger partial charge on any atom is 0.226 e. The summed E-state index contributed by atoms with van der Waals surface area (Å²) in [4.78, 5) is 13.4. The second-order valence-corrected chi connectivity index (χ2v) is 4.73. The maximum atomic E-state index is 11.9. The highest BCUT2D eigenvalue weighted by atomic mass is 35.5. The third kappa shape index (κ3) is 2.42. The van der Waals surface area contributed by atoms with E-state index in [0.29, 0.717) is 0 Å². The van der Waals surface area contributed by atoms with Crippen LogP contribution in [0.1, 0.15) is 17.9 Å². The molecule has 0 aromatic heterocycles. The fourth-order valence-corrected chi connectivity index (χ4v) is 2.33. The lowest BCUT2D eigenvalue weighted by Gasteiger charge is -2.12. The highest BCUT2D eigenvalue weighted by Crippen LogP contribution is 2.50. The molecule has 0 radical (unpaired) electrons. The Balaban J connectivity index is 2.04. The molecule has 1 aromatic carbocycles. The maximum absolute atomic E-state index is 11.9. The number of carbonyl (C=O) groups is 1. The van der Waals surface area contributed by atoms with Crippen molar-refractivity contribution < 1.29 is 4.79 Å². The Hall–Kier alpha value is -1.53. The van der Waals surface area contributed by atoms with E-state index in [4.69, 9.17) is 16.9 Å². The Morgan fingerprint density at radius 1 is 1.59 bits per heavy atom. The molecule has 88 valence electrons. The highest BCUT2D eigenvalue weighted by Gasteiger charge is 2.45. The summed E-state index contributed by atoms with van der Waals surface area (Å²) in [7, 11) is 1.66. The van der Waals surface area contributed by atoms with Crippen LogP contribution in [0.15, 0.2) is 24.3 Å². The van der Waals surface area contributed by atoms with Gasteiger partial charge in [0.25, 0.3) is 0 Å². The van der Waals surface area contributed by atoms with E-state index < -0.39 is 0 Å². The van der Waals surface area contributed by atoms with Crippen LogP contribution < -0.4 is 0 Å². The van der Waals surface area contributed by atoms with E-state index >= 15 is 0 Å². The Kier molecular flexibility index (Phi) is 3.35. The van der Waals surface area contributed by atoms with Crippen molar-refractivity contribution in [3.63, 3.8) is 0 Å². The molecule has 2 atom stereocenters. The van der Waals surface area contributed by atoms with Gasteiger partial charge in [-0.1, -0.05) is 29.8 Å².